The highest BCUT2D eigenvalue weighted by molar-refractivity contribution is 6.41. The predicted molar refractivity (Wildman–Crippen MR) is 138 cm³/mol. The molecule has 35 heavy (non-hydrogen) atoms. The molecule has 0 unspecified atom stereocenters. The standard InChI is InChI=1S/C24H27Cl2N5O4/c1-5-6-30-12-15(13-30)35-8-7-31-22-14(11-28-24(27-2)29-22)9-16(23(31)32)19-20(25)17(33-3)10-18(34-4)21(19)26/h5,9-11,15H,1,6-8,12-13H2,2-4H3,(H,27,28,29). The fourth-order valence-corrected chi connectivity index (χ4v) is 4.76. The van der Waals surface area contributed by atoms with E-state index in [1.165, 1.54) is 14.2 Å². The van der Waals surface area contributed by atoms with Gasteiger partial charge in [-0.05, 0) is 6.07 Å². The zero-order chi connectivity index (χ0) is 25.1. The first-order valence-electron chi connectivity index (χ1n) is 11.0. The number of likely N-dealkylation sites (tertiary alicyclic amines) is 1. The topological polar surface area (TPSA) is 90.7 Å². The minimum Gasteiger partial charge on any atom is -0.495 e. The lowest BCUT2D eigenvalue weighted by Gasteiger charge is -2.38. The summed E-state index contributed by atoms with van der Waals surface area (Å²) >= 11 is 13.2. The number of rotatable bonds is 10. The fraction of sp³-hybridized carbons (Fsp3) is 0.375. The minimum absolute atomic E-state index is 0.120. The summed E-state index contributed by atoms with van der Waals surface area (Å²) in [6.07, 6.45) is 3.64. The molecule has 0 saturated carbocycles. The second kappa shape index (κ2) is 10.8. The van der Waals surface area contributed by atoms with E-state index < -0.39 is 0 Å². The average molecular weight is 520 g/mol. The number of hydrogen-bond acceptors (Lipinski definition) is 8. The molecule has 11 heteroatoms. The van der Waals surface area contributed by atoms with Gasteiger partial charge in [0, 0.05) is 49.9 Å². The molecule has 0 aliphatic carbocycles. The fourth-order valence-electron chi connectivity index (χ4n) is 4.06. The van der Waals surface area contributed by atoms with Crippen molar-refractivity contribution in [2.45, 2.75) is 12.6 Å². The number of benzene rings is 1. The van der Waals surface area contributed by atoms with Crippen LogP contribution in [-0.2, 0) is 11.3 Å². The highest BCUT2D eigenvalue weighted by Gasteiger charge is 2.27. The van der Waals surface area contributed by atoms with Crippen molar-refractivity contribution in [1.82, 2.24) is 19.4 Å². The van der Waals surface area contributed by atoms with Gasteiger partial charge < -0.3 is 19.5 Å². The van der Waals surface area contributed by atoms with Crippen molar-refractivity contribution in [3.8, 4) is 22.6 Å². The summed E-state index contributed by atoms with van der Waals surface area (Å²) < 4.78 is 18.3. The number of pyridine rings is 1. The van der Waals surface area contributed by atoms with E-state index in [0.29, 0.717) is 40.7 Å². The van der Waals surface area contributed by atoms with E-state index >= 15 is 0 Å². The monoisotopic (exact) mass is 519 g/mol. The zero-order valence-corrected chi connectivity index (χ0v) is 21.3. The summed E-state index contributed by atoms with van der Waals surface area (Å²) in [5, 5.41) is 3.98. The van der Waals surface area contributed by atoms with Gasteiger partial charge in [-0.2, -0.15) is 4.98 Å². The van der Waals surface area contributed by atoms with Crippen LogP contribution < -0.4 is 20.3 Å². The third-order valence-electron chi connectivity index (χ3n) is 5.87. The molecular formula is C24H27Cl2N5O4. The quantitative estimate of drug-likeness (QED) is 0.405. The molecule has 0 spiro atoms. The van der Waals surface area contributed by atoms with Crippen molar-refractivity contribution in [3.63, 3.8) is 0 Å². The number of hydrogen-bond donors (Lipinski definition) is 1. The van der Waals surface area contributed by atoms with Crippen molar-refractivity contribution in [3.05, 3.63) is 51.4 Å². The van der Waals surface area contributed by atoms with E-state index in [4.69, 9.17) is 37.4 Å². The van der Waals surface area contributed by atoms with E-state index in [1.807, 2.05) is 6.08 Å². The van der Waals surface area contributed by atoms with E-state index in [-0.39, 0.29) is 33.8 Å². The number of methoxy groups -OCH3 is 2. The van der Waals surface area contributed by atoms with Gasteiger partial charge >= 0.3 is 0 Å². The molecule has 1 aliphatic rings. The smallest absolute Gasteiger partial charge is 0.260 e. The van der Waals surface area contributed by atoms with Crippen LogP contribution >= 0.6 is 23.2 Å². The Morgan fingerprint density at radius 1 is 1.20 bits per heavy atom. The Bertz CT molecular complexity index is 1280. The third-order valence-corrected chi connectivity index (χ3v) is 6.62. The van der Waals surface area contributed by atoms with Crippen LogP contribution in [0.1, 0.15) is 0 Å². The average Bonchev–Trinajstić information content (AvgIpc) is 2.84. The summed E-state index contributed by atoms with van der Waals surface area (Å²) in [6.45, 7) is 6.89. The molecule has 0 amide bonds. The van der Waals surface area contributed by atoms with Crippen molar-refractivity contribution < 1.29 is 14.2 Å². The molecule has 1 aliphatic heterocycles. The van der Waals surface area contributed by atoms with Gasteiger partial charge in [0.25, 0.3) is 5.56 Å². The van der Waals surface area contributed by atoms with Crippen LogP contribution in [0.2, 0.25) is 10.0 Å². The van der Waals surface area contributed by atoms with Gasteiger partial charge in [0.05, 0.1) is 49.1 Å². The molecular weight excluding hydrogens is 493 g/mol. The Labute approximate surface area is 213 Å². The number of anilines is 1. The number of fused-ring (bicyclic) bond motifs is 1. The number of halogens is 2. The SMILES string of the molecule is C=CCN1CC(OCCn2c(=O)c(-c3c(Cl)c(OC)cc(OC)c3Cl)cc3cnc(NC)nc32)C1. The summed E-state index contributed by atoms with van der Waals surface area (Å²) in [5.74, 6) is 1.08. The van der Waals surface area contributed by atoms with Gasteiger partial charge in [0.2, 0.25) is 5.95 Å². The number of nitrogens with zero attached hydrogens (tertiary/aromatic N) is 4. The van der Waals surface area contributed by atoms with Crippen LogP contribution in [0.5, 0.6) is 11.5 Å². The van der Waals surface area contributed by atoms with Crippen LogP contribution in [0.3, 0.4) is 0 Å². The van der Waals surface area contributed by atoms with Gasteiger partial charge in [0.15, 0.2) is 0 Å². The predicted octanol–water partition coefficient (Wildman–Crippen LogP) is 3.71. The van der Waals surface area contributed by atoms with Crippen LogP contribution in [0.15, 0.2) is 35.8 Å². The number of aromatic nitrogens is 3. The maximum Gasteiger partial charge on any atom is 0.260 e. The molecule has 3 heterocycles. The summed E-state index contributed by atoms with van der Waals surface area (Å²) in [4.78, 5) is 24.8. The molecule has 1 fully saturated rings. The van der Waals surface area contributed by atoms with E-state index in [2.05, 4.69) is 26.8 Å². The Morgan fingerprint density at radius 2 is 1.89 bits per heavy atom. The first-order chi connectivity index (χ1) is 16.9. The molecule has 0 radical (unpaired) electrons. The van der Waals surface area contributed by atoms with Crippen LogP contribution in [-0.4, -0.2) is 73.0 Å². The molecule has 2 aromatic heterocycles. The highest BCUT2D eigenvalue weighted by atomic mass is 35.5. The minimum atomic E-state index is -0.317. The molecule has 1 saturated heterocycles. The maximum atomic E-state index is 13.8. The van der Waals surface area contributed by atoms with Crippen LogP contribution in [0, 0.1) is 0 Å². The number of ether oxygens (including phenoxy) is 3. The third kappa shape index (κ3) is 4.95. The Kier molecular flexibility index (Phi) is 7.81. The lowest BCUT2D eigenvalue weighted by Crippen LogP contribution is -2.52. The summed E-state index contributed by atoms with van der Waals surface area (Å²) in [6, 6.07) is 3.26. The molecule has 4 rings (SSSR count). The van der Waals surface area contributed by atoms with Crippen molar-refractivity contribution in [2.24, 2.45) is 0 Å². The largest absolute Gasteiger partial charge is 0.495 e. The van der Waals surface area contributed by atoms with E-state index in [1.54, 1.807) is 29.9 Å². The van der Waals surface area contributed by atoms with Crippen molar-refractivity contribution in [1.29, 1.82) is 0 Å². The molecule has 0 atom stereocenters. The second-order valence-corrected chi connectivity index (χ2v) is 8.78. The van der Waals surface area contributed by atoms with Crippen molar-refractivity contribution in [2.75, 3.05) is 52.8 Å². The van der Waals surface area contributed by atoms with Gasteiger partial charge in [-0.1, -0.05) is 29.3 Å². The molecule has 1 aromatic carbocycles. The Morgan fingerprint density at radius 3 is 2.49 bits per heavy atom. The molecule has 1 N–H and O–H groups in total. The molecule has 9 nitrogen and oxygen atoms in total. The van der Waals surface area contributed by atoms with Gasteiger partial charge in [-0.25, -0.2) is 4.98 Å². The van der Waals surface area contributed by atoms with E-state index in [0.717, 1.165) is 19.6 Å². The van der Waals surface area contributed by atoms with Gasteiger partial charge in [-0.15, -0.1) is 6.58 Å². The first-order valence-corrected chi connectivity index (χ1v) is 11.8. The van der Waals surface area contributed by atoms with Crippen molar-refractivity contribution >= 4 is 40.2 Å². The zero-order valence-electron chi connectivity index (χ0n) is 19.8. The Hall–Kier alpha value is -2.85. The number of nitrogens with one attached hydrogen (secondary N) is 1. The summed E-state index contributed by atoms with van der Waals surface area (Å²) in [5.41, 5.74) is 0.766. The molecule has 186 valence electrons. The lowest BCUT2D eigenvalue weighted by atomic mass is 10.0. The normalized spacial score (nSPS) is 14.1. The molecule has 3 aromatic rings. The lowest BCUT2D eigenvalue weighted by molar-refractivity contribution is -0.0516. The van der Waals surface area contributed by atoms with Crippen LogP contribution in [0.25, 0.3) is 22.2 Å². The van der Waals surface area contributed by atoms with Gasteiger partial charge in [0.1, 0.15) is 17.1 Å². The highest BCUT2D eigenvalue weighted by Crippen LogP contribution is 2.45. The van der Waals surface area contributed by atoms with E-state index in [9.17, 15) is 4.79 Å². The second-order valence-electron chi connectivity index (χ2n) is 8.02. The maximum absolute atomic E-state index is 13.8. The Balaban J connectivity index is 1.77. The first kappa shape index (κ1) is 25.2. The summed E-state index contributed by atoms with van der Waals surface area (Å²) in [7, 11) is 4.69. The molecule has 0 bridgehead atoms. The van der Waals surface area contributed by atoms with Crippen LogP contribution in [0.4, 0.5) is 5.95 Å². The van der Waals surface area contributed by atoms with Gasteiger partial charge in [-0.3, -0.25) is 14.3 Å².